The van der Waals surface area contributed by atoms with E-state index in [0.29, 0.717) is 31.7 Å². The van der Waals surface area contributed by atoms with Crippen molar-refractivity contribution in [3.8, 4) is 17.2 Å². The maximum absolute atomic E-state index is 13.1. The summed E-state index contributed by atoms with van der Waals surface area (Å²) in [5.74, 6) is 0.144. The van der Waals surface area contributed by atoms with E-state index in [1.54, 1.807) is 66.1 Å². The number of amides is 2. The van der Waals surface area contributed by atoms with Crippen LogP contribution in [0.2, 0.25) is 0 Å². The number of halogens is 2. The van der Waals surface area contributed by atoms with Crippen LogP contribution in [0.15, 0.2) is 69.6 Å². The van der Waals surface area contributed by atoms with Crippen LogP contribution in [0.5, 0.6) is 17.2 Å². The second kappa shape index (κ2) is 10.8. The number of hydrogen-bond donors (Lipinski definition) is 3. The number of benzene rings is 3. The molecule has 3 aromatic carbocycles. The molecule has 0 aromatic heterocycles. The average molecular weight is 578 g/mol. The summed E-state index contributed by atoms with van der Waals surface area (Å²) in [4.78, 5) is 26.3. The molecule has 0 unspecified atom stereocenters. The molecule has 7 nitrogen and oxygen atoms in total. The minimum absolute atomic E-state index is 0.109. The fourth-order valence-corrected chi connectivity index (χ4v) is 4.50. The van der Waals surface area contributed by atoms with Crippen molar-refractivity contribution in [1.29, 1.82) is 0 Å². The summed E-state index contributed by atoms with van der Waals surface area (Å²) in [7, 11) is 0. The van der Waals surface area contributed by atoms with E-state index in [1.807, 2.05) is 13.8 Å². The Hall–Kier alpha value is -2.88. The Morgan fingerprint density at radius 1 is 1.03 bits per heavy atom. The number of nitrogens with zero attached hydrogens (tertiary/aromatic N) is 1. The van der Waals surface area contributed by atoms with Gasteiger partial charge in [-0.2, -0.15) is 0 Å². The van der Waals surface area contributed by atoms with Crippen LogP contribution in [0.4, 0.5) is 5.69 Å². The summed E-state index contributed by atoms with van der Waals surface area (Å²) in [6, 6.07) is 16.8. The molecule has 3 aromatic rings. The lowest BCUT2D eigenvalue weighted by Crippen LogP contribution is -2.40. The van der Waals surface area contributed by atoms with Gasteiger partial charge in [-0.25, -0.2) is 5.48 Å². The van der Waals surface area contributed by atoms with Crippen molar-refractivity contribution in [3.05, 3.63) is 80.7 Å². The number of phenolic OH excluding ortho intramolecular Hbond substituents is 1. The third-order valence-corrected chi connectivity index (χ3v) is 6.01. The molecule has 3 N–H and O–H groups in total. The van der Waals surface area contributed by atoms with Gasteiger partial charge in [0.25, 0.3) is 11.8 Å². The quantitative estimate of drug-likeness (QED) is 0.237. The summed E-state index contributed by atoms with van der Waals surface area (Å²) in [6.45, 7) is 3.56. The Labute approximate surface area is 208 Å². The fraction of sp³-hybridized carbons (Fsp3) is 0.167. The topological polar surface area (TPSA) is 99.1 Å². The zero-order valence-corrected chi connectivity index (χ0v) is 21.1. The number of hydroxylamine groups is 1. The first kappa shape index (κ1) is 24.8. The number of hydrogen-bond acceptors (Lipinski definition) is 5. The largest absolute Gasteiger partial charge is 0.508 e. The van der Waals surface area contributed by atoms with Gasteiger partial charge in [0.1, 0.15) is 18.0 Å². The van der Waals surface area contributed by atoms with E-state index < -0.39 is 11.8 Å². The maximum Gasteiger partial charge on any atom is 0.263 e. The van der Waals surface area contributed by atoms with E-state index in [2.05, 4.69) is 31.9 Å². The van der Waals surface area contributed by atoms with Gasteiger partial charge in [0.15, 0.2) is 5.75 Å². The van der Waals surface area contributed by atoms with Crippen LogP contribution in [0.1, 0.15) is 35.7 Å². The first-order valence-electron chi connectivity index (χ1n) is 10.0. The lowest BCUT2D eigenvalue weighted by atomic mass is 10.0. The van der Waals surface area contributed by atoms with Crippen molar-refractivity contribution in [3.63, 3.8) is 0 Å². The van der Waals surface area contributed by atoms with Crippen molar-refractivity contribution < 1.29 is 24.6 Å². The van der Waals surface area contributed by atoms with Crippen LogP contribution in [-0.4, -0.2) is 28.7 Å². The lowest BCUT2D eigenvalue weighted by molar-refractivity contribution is -0.127. The van der Waals surface area contributed by atoms with E-state index >= 15 is 0 Å². The predicted molar refractivity (Wildman–Crippen MR) is 132 cm³/mol. The van der Waals surface area contributed by atoms with Gasteiger partial charge in [0.2, 0.25) is 0 Å². The minimum atomic E-state index is -0.739. The summed E-state index contributed by atoms with van der Waals surface area (Å²) >= 11 is 6.96. The lowest BCUT2D eigenvalue weighted by Gasteiger charge is -2.23. The van der Waals surface area contributed by atoms with Gasteiger partial charge in [0, 0.05) is 16.8 Å². The highest BCUT2D eigenvalue weighted by atomic mass is 79.9. The van der Waals surface area contributed by atoms with Gasteiger partial charge in [-0.15, -0.1) is 0 Å². The normalized spacial score (nSPS) is 10.7. The highest BCUT2D eigenvalue weighted by Crippen LogP contribution is 2.41. The Balaban J connectivity index is 1.97. The first-order valence-corrected chi connectivity index (χ1v) is 11.6. The Kier molecular flexibility index (Phi) is 8.12. The Morgan fingerprint density at radius 3 is 2.24 bits per heavy atom. The molecule has 0 spiro atoms. The molecular formula is C24H22Br2N2O5. The molecule has 0 saturated heterocycles. The average Bonchev–Trinajstić information content (AvgIpc) is 2.80. The van der Waals surface area contributed by atoms with E-state index in [1.165, 1.54) is 4.90 Å². The van der Waals surface area contributed by atoms with Gasteiger partial charge in [-0.1, -0.05) is 32.0 Å². The van der Waals surface area contributed by atoms with Gasteiger partial charge in [-0.3, -0.25) is 19.7 Å². The van der Waals surface area contributed by atoms with Gasteiger partial charge in [0.05, 0.1) is 8.95 Å². The van der Waals surface area contributed by atoms with Crippen LogP contribution in [-0.2, 0) is 4.79 Å². The van der Waals surface area contributed by atoms with Crippen LogP contribution in [0.25, 0.3) is 0 Å². The number of ether oxygens (including phenoxy) is 1. The number of carbonyl (C=O) groups excluding carboxylic acids is 2. The van der Waals surface area contributed by atoms with Crippen LogP contribution in [0.3, 0.4) is 0 Å². The summed E-state index contributed by atoms with van der Waals surface area (Å²) < 4.78 is 7.10. The number of phenols is 1. The van der Waals surface area contributed by atoms with E-state index in [4.69, 9.17) is 9.94 Å². The maximum atomic E-state index is 13.1. The molecule has 0 atom stereocenters. The molecule has 9 heteroatoms. The summed E-state index contributed by atoms with van der Waals surface area (Å²) in [6.07, 6.45) is 0. The molecule has 0 heterocycles. The van der Waals surface area contributed by atoms with Crippen molar-refractivity contribution in [2.45, 2.75) is 19.8 Å². The number of aromatic hydroxyl groups is 1. The third-order valence-electron chi connectivity index (χ3n) is 4.83. The molecule has 0 aliphatic heterocycles. The first-order chi connectivity index (χ1) is 15.7. The van der Waals surface area contributed by atoms with Gasteiger partial charge in [-0.05, 0) is 80.2 Å². The van der Waals surface area contributed by atoms with Crippen molar-refractivity contribution in [1.82, 2.24) is 5.48 Å². The highest BCUT2D eigenvalue weighted by molar-refractivity contribution is 9.11. The number of nitrogens with one attached hydrogen (secondary N) is 1. The predicted octanol–water partition coefficient (Wildman–Crippen LogP) is 5.99. The smallest absolute Gasteiger partial charge is 0.263 e. The number of rotatable bonds is 7. The summed E-state index contributed by atoms with van der Waals surface area (Å²) in [5.41, 5.74) is 3.12. The highest BCUT2D eigenvalue weighted by Gasteiger charge is 2.23. The zero-order chi connectivity index (χ0) is 24.1. The standard InChI is InChI=1S/C24H22Br2N2O5/c1-14(2)18-12-17(8-9-21(18)29)33-23-19(25)10-16(11-20(23)26)28(13-22(30)27-32)24(31)15-6-4-3-5-7-15/h3-12,14,29,32H,13H2,1-2H3,(H,27,30). The molecule has 0 saturated carbocycles. The molecular weight excluding hydrogens is 556 g/mol. The molecule has 3 rings (SSSR count). The molecule has 0 bridgehead atoms. The monoisotopic (exact) mass is 576 g/mol. The second-order valence-corrected chi connectivity index (χ2v) is 9.22. The van der Waals surface area contributed by atoms with Crippen LogP contribution >= 0.6 is 31.9 Å². The minimum Gasteiger partial charge on any atom is -0.508 e. The molecule has 0 fully saturated rings. The third kappa shape index (κ3) is 5.93. The number of carbonyl (C=O) groups is 2. The van der Waals surface area contributed by atoms with Gasteiger partial charge >= 0.3 is 0 Å². The van der Waals surface area contributed by atoms with E-state index in [9.17, 15) is 14.7 Å². The molecule has 0 aliphatic carbocycles. The molecule has 0 aliphatic rings. The van der Waals surface area contributed by atoms with Crippen LogP contribution in [0, 0.1) is 0 Å². The number of anilines is 1. The zero-order valence-electron chi connectivity index (χ0n) is 17.9. The second-order valence-electron chi connectivity index (χ2n) is 7.51. The molecule has 2 amide bonds. The van der Waals surface area contributed by atoms with Crippen molar-refractivity contribution in [2.75, 3.05) is 11.4 Å². The molecule has 172 valence electrons. The summed E-state index contributed by atoms with van der Waals surface area (Å²) in [5, 5.41) is 19.0. The fourth-order valence-electron chi connectivity index (χ4n) is 3.17. The molecule has 0 radical (unpaired) electrons. The van der Waals surface area contributed by atoms with Gasteiger partial charge < -0.3 is 9.84 Å². The van der Waals surface area contributed by atoms with Crippen molar-refractivity contribution >= 4 is 49.4 Å². The van der Waals surface area contributed by atoms with Crippen LogP contribution < -0.4 is 15.1 Å². The molecule has 33 heavy (non-hydrogen) atoms. The van der Waals surface area contributed by atoms with E-state index in [0.717, 1.165) is 5.56 Å². The van der Waals surface area contributed by atoms with Crippen molar-refractivity contribution in [2.24, 2.45) is 0 Å². The van der Waals surface area contributed by atoms with E-state index in [-0.39, 0.29) is 18.2 Å². The SMILES string of the molecule is CC(C)c1cc(Oc2c(Br)cc(N(CC(=O)NO)C(=O)c3ccccc3)cc2Br)ccc1O. The Bertz CT molecular complexity index is 1150. The Morgan fingerprint density at radius 2 is 1.67 bits per heavy atom.